The van der Waals surface area contributed by atoms with E-state index in [-0.39, 0.29) is 23.7 Å². The summed E-state index contributed by atoms with van der Waals surface area (Å²) in [6.45, 7) is 4.70. The normalized spacial score (nSPS) is 19.8. The lowest BCUT2D eigenvalue weighted by Crippen LogP contribution is -2.42. The van der Waals surface area contributed by atoms with Crippen molar-refractivity contribution < 1.29 is 28.6 Å². The number of aryl methyl sites for hydroxylation is 2. The molecule has 0 saturated carbocycles. The molecule has 0 atom stereocenters. The van der Waals surface area contributed by atoms with Gasteiger partial charge in [-0.2, -0.15) is 0 Å². The summed E-state index contributed by atoms with van der Waals surface area (Å²) >= 11 is 0. The number of carboxylic acids is 1. The fourth-order valence-corrected chi connectivity index (χ4v) is 5.44. The molecule has 8 heteroatoms. The third kappa shape index (κ3) is 4.14. The molecule has 34 heavy (non-hydrogen) atoms. The largest absolute Gasteiger partial charge is 0.487 e. The van der Waals surface area contributed by atoms with Crippen LogP contribution in [0.1, 0.15) is 62.6 Å². The van der Waals surface area contributed by atoms with E-state index < -0.39 is 11.9 Å². The number of carbonyl (C=O) groups excluding carboxylic acids is 1. The summed E-state index contributed by atoms with van der Waals surface area (Å²) in [4.78, 5) is 38.5. The lowest BCUT2D eigenvalue weighted by molar-refractivity contribution is -0.146. The number of piperidine rings is 1. The van der Waals surface area contributed by atoms with Crippen molar-refractivity contribution in [3.8, 4) is 11.5 Å². The monoisotopic (exact) mass is 469 g/mol. The van der Waals surface area contributed by atoms with Gasteiger partial charge in [-0.15, -0.1) is 0 Å². The van der Waals surface area contributed by atoms with Crippen LogP contribution in [0.25, 0.3) is 11.0 Å². The highest BCUT2D eigenvalue weighted by Crippen LogP contribution is 2.44. The van der Waals surface area contributed by atoms with Crippen molar-refractivity contribution in [1.82, 2.24) is 4.90 Å². The summed E-state index contributed by atoms with van der Waals surface area (Å²) < 4.78 is 18.2. The molecule has 1 amide bonds. The van der Waals surface area contributed by atoms with Crippen molar-refractivity contribution in [3.63, 3.8) is 0 Å². The Morgan fingerprint density at radius 1 is 1.12 bits per heavy atom. The zero-order valence-corrected chi connectivity index (χ0v) is 19.8. The van der Waals surface area contributed by atoms with Gasteiger partial charge in [0.2, 0.25) is 0 Å². The van der Waals surface area contributed by atoms with Crippen molar-refractivity contribution >= 4 is 22.8 Å². The second-order valence-electron chi connectivity index (χ2n) is 10.3. The van der Waals surface area contributed by atoms with Gasteiger partial charge in [0, 0.05) is 30.3 Å². The second-order valence-corrected chi connectivity index (χ2v) is 10.3. The van der Waals surface area contributed by atoms with Gasteiger partial charge in [0.1, 0.15) is 22.7 Å². The van der Waals surface area contributed by atoms with Crippen LogP contribution >= 0.6 is 0 Å². The van der Waals surface area contributed by atoms with Gasteiger partial charge in [-0.1, -0.05) is 0 Å². The van der Waals surface area contributed by atoms with Crippen LogP contribution in [-0.2, 0) is 28.9 Å². The van der Waals surface area contributed by atoms with E-state index in [4.69, 9.17) is 13.9 Å². The first-order chi connectivity index (χ1) is 16.2. The number of rotatable bonds is 4. The summed E-state index contributed by atoms with van der Waals surface area (Å²) in [5, 5.41) is 9.98. The number of likely N-dealkylation sites (tertiary alicyclic amines) is 1. The topological polar surface area (TPSA) is 106 Å². The lowest BCUT2D eigenvalue weighted by atomic mass is 9.87. The van der Waals surface area contributed by atoms with Crippen LogP contribution in [0.4, 0.5) is 0 Å². The molecular formula is C26H31NO7. The van der Waals surface area contributed by atoms with Crippen molar-refractivity contribution in [3.05, 3.63) is 33.2 Å². The molecule has 3 aliphatic rings. The van der Waals surface area contributed by atoms with Crippen LogP contribution in [0.2, 0.25) is 0 Å². The molecule has 0 bridgehead atoms. The van der Waals surface area contributed by atoms with Crippen LogP contribution in [0.5, 0.6) is 11.5 Å². The van der Waals surface area contributed by atoms with Crippen LogP contribution in [0.3, 0.4) is 0 Å². The summed E-state index contributed by atoms with van der Waals surface area (Å²) in [7, 11) is 0. The number of amides is 1. The maximum atomic E-state index is 12.9. The highest BCUT2D eigenvalue weighted by molar-refractivity contribution is 5.93. The molecule has 1 saturated heterocycles. The number of benzene rings is 1. The van der Waals surface area contributed by atoms with Gasteiger partial charge in [-0.25, -0.2) is 4.79 Å². The maximum Gasteiger partial charge on any atom is 0.339 e. The Morgan fingerprint density at radius 3 is 2.53 bits per heavy atom. The quantitative estimate of drug-likeness (QED) is 0.684. The third-order valence-electron chi connectivity index (χ3n) is 7.43. The average Bonchev–Trinajstić information content (AvgIpc) is 2.81. The predicted molar refractivity (Wildman–Crippen MR) is 125 cm³/mol. The van der Waals surface area contributed by atoms with E-state index in [9.17, 15) is 19.5 Å². The van der Waals surface area contributed by atoms with E-state index in [1.54, 1.807) is 4.90 Å². The number of carbonyl (C=O) groups is 2. The van der Waals surface area contributed by atoms with Crippen molar-refractivity contribution in [2.45, 2.75) is 70.8 Å². The minimum atomic E-state index is -0.807. The van der Waals surface area contributed by atoms with Gasteiger partial charge in [0.05, 0.1) is 11.3 Å². The van der Waals surface area contributed by atoms with E-state index in [2.05, 4.69) is 0 Å². The molecule has 0 unspecified atom stereocenters. The Hall–Kier alpha value is -3.03. The number of hydrogen-bond donors (Lipinski definition) is 1. The molecule has 0 radical (unpaired) electrons. The fraction of sp³-hybridized carbons (Fsp3) is 0.577. The Bertz CT molecular complexity index is 1200. The summed E-state index contributed by atoms with van der Waals surface area (Å²) in [6, 6.07) is 1.84. The van der Waals surface area contributed by atoms with E-state index in [1.165, 1.54) is 0 Å². The van der Waals surface area contributed by atoms with Crippen molar-refractivity contribution in [2.24, 2.45) is 5.92 Å². The summed E-state index contributed by atoms with van der Waals surface area (Å²) in [5.41, 5.74) is 2.44. The molecule has 1 aliphatic carbocycles. The van der Waals surface area contributed by atoms with Crippen LogP contribution in [-0.4, -0.2) is 47.2 Å². The minimum Gasteiger partial charge on any atom is -0.487 e. The van der Waals surface area contributed by atoms with Crippen LogP contribution in [0.15, 0.2) is 15.3 Å². The molecule has 1 aromatic carbocycles. The number of fused-ring (bicyclic) bond motifs is 5. The summed E-state index contributed by atoms with van der Waals surface area (Å²) in [5.74, 6) is -0.251. The van der Waals surface area contributed by atoms with E-state index >= 15 is 0 Å². The number of nitrogens with zero attached hydrogens (tertiary/aromatic N) is 1. The van der Waals surface area contributed by atoms with Gasteiger partial charge in [-0.3, -0.25) is 9.59 Å². The first kappa shape index (κ1) is 22.7. The van der Waals surface area contributed by atoms with Crippen molar-refractivity contribution in [2.75, 3.05) is 19.7 Å². The summed E-state index contributed by atoms with van der Waals surface area (Å²) in [6.07, 6.45) is 5.84. The Kier molecular flexibility index (Phi) is 5.78. The lowest BCUT2D eigenvalue weighted by Gasteiger charge is -2.33. The first-order valence-electron chi connectivity index (χ1n) is 12.2. The molecular weight excluding hydrogens is 438 g/mol. The molecule has 182 valence electrons. The van der Waals surface area contributed by atoms with Gasteiger partial charge in [0.15, 0.2) is 6.61 Å². The standard InChI is InChI=1S/C26H31NO7/c1-26(2)10-7-18-19(34-26)13-20(22-16-5-3-4-6-17(16)25(31)33-23(18)22)32-14-21(28)27-11-8-15(9-12-27)24(29)30/h13,15H,3-12,14H2,1-2H3,(H,29,30). The van der Waals surface area contributed by atoms with Crippen LogP contribution in [0, 0.1) is 5.92 Å². The SMILES string of the molecule is CC1(C)CCc2c(cc(OCC(=O)N3CCC(C(=O)O)CC3)c3c4c(c(=O)oc23)CCCC4)O1. The molecule has 5 rings (SSSR count). The van der Waals surface area contributed by atoms with E-state index in [1.807, 2.05) is 19.9 Å². The van der Waals surface area contributed by atoms with Gasteiger partial charge >= 0.3 is 11.6 Å². The Balaban J connectivity index is 1.48. The number of hydrogen-bond acceptors (Lipinski definition) is 6. The highest BCUT2D eigenvalue weighted by atomic mass is 16.5. The highest BCUT2D eigenvalue weighted by Gasteiger charge is 2.33. The molecule has 1 fully saturated rings. The zero-order valence-electron chi connectivity index (χ0n) is 19.8. The number of carboxylic acid groups (broad SMARTS) is 1. The zero-order chi connectivity index (χ0) is 24.0. The number of aliphatic carboxylic acids is 1. The molecule has 2 aliphatic heterocycles. The smallest absolute Gasteiger partial charge is 0.339 e. The molecule has 1 N–H and O–H groups in total. The number of ether oxygens (including phenoxy) is 2. The molecule has 3 heterocycles. The second kappa shape index (κ2) is 8.64. The molecule has 8 nitrogen and oxygen atoms in total. The molecule has 1 aromatic heterocycles. The third-order valence-corrected chi connectivity index (χ3v) is 7.43. The Morgan fingerprint density at radius 2 is 1.82 bits per heavy atom. The fourth-order valence-electron chi connectivity index (χ4n) is 5.44. The predicted octanol–water partition coefficient (Wildman–Crippen LogP) is 3.48. The Labute approximate surface area is 197 Å². The van der Waals surface area contributed by atoms with Crippen LogP contribution < -0.4 is 15.1 Å². The van der Waals surface area contributed by atoms with Gasteiger partial charge in [-0.05, 0) is 70.8 Å². The van der Waals surface area contributed by atoms with Gasteiger partial charge < -0.3 is 23.9 Å². The maximum absolute atomic E-state index is 12.9. The molecule has 0 spiro atoms. The van der Waals surface area contributed by atoms with Crippen molar-refractivity contribution in [1.29, 1.82) is 0 Å². The average molecular weight is 470 g/mol. The van der Waals surface area contributed by atoms with Gasteiger partial charge in [0.25, 0.3) is 5.91 Å². The van der Waals surface area contributed by atoms with E-state index in [0.29, 0.717) is 55.0 Å². The molecule has 2 aromatic rings. The first-order valence-corrected chi connectivity index (χ1v) is 12.2. The van der Waals surface area contributed by atoms with E-state index in [0.717, 1.165) is 48.6 Å². The minimum absolute atomic E-state index is 0.164.